The summed E-state index contributed by atoms with van der Waals surface area (Å²) < 4.78 is 28.6. The molecule has 1 heterocycles. The highest BCUT2D eigenvalue weighted by molar-refractivity contribution is 6.05. The van der Waals surface area contributed by atoms with Crippen molar-refractivity contribution in [3.63, 3.8) is 0 Å². The molecule has 1 aromatic heterocycles. The molecule has 0 fully saturated rings. The molecular weight excluding hydrogens is 402 g/mol. The minimum atomic E-state index is -0.807. The van der Waals surface area contributed by atoms with Crippen LogP contribution < -0.4 is 11.0 Å². The summed E-state index contributed by atoms with van der Waals surface area (Å²) in [5.74, 6) is -2.33. The van der Waals surface area contributed by atoms with Crippen LogP contribution in [0.15, 0.2) is 82.7 Å². The fourth-order valence-electron chi connectivity index (χ4n) is 3.11. The van der Waals surface area contributed by atoms with Crippen LogP contribution in [0.4, 0.5) is 8.78 Å². The Bertz CT molecular complexity index is 1330. The lowest BCUT2D eigenvalue weighted by Crippen LogP contribution is -2.29. The number of carbonyl (C=O) groups is 1. The van der Waals surface area contributed by atoms with Gasteiger partial charge in [0.1, 0.15) is 11.6 Å². The molecular formula is C23H16F2N4O2. The molecule has 3 aromatic carbocycles. The van der Waals surface area contributed by atoms with Crippen LogP contribution in [0.3, 0.4) is 0 Å². The van der Waals surface area contributed by atoms with Gasteiger partial charge in [-0.15, -0.1) is 0 Å². The van der Waals surface area contributed by atoms with Crippen LogP contribution in [0.2, 0.25) is 0 Å². The molecule has 0 unspecified atom stereocenters. The highest BCUT2D eigenvalue weighted by Gasteiger charge is 2.16. The molecule has 154 valence electrons. The lowest BCUT2D eigenvalue weighted by molar-refractivity contribution is 0.0949. The summed E-state index contributed by atoms with van der Waals surface area (Å²) in [5, 5.41) is 8.55. The number of nitrogens with zero attached hydrogens (tertiary/aromatic N) is 3. The van der Waals surface area contributed by atoms with Crippen molar-refractivity contribution in [1.82, 2.24) is 15.2 Å². The standard InChI is InChI=1S/C23H16F2N4O2/c24-19-11-6-12-20(25)18(19)13-26-27-22(30)21-16-9-4-5-10-17(16)23(31)29(28-21)14-15-7-2-1-3-8-15/h1-13H,14H2,(H,27,30). The first-order chi connectivity index (χ1) is 15.0. The van der Waals surface area contributed by atoms with Gasteiger partial charge in [-0.2, -0.15) is 10.2 Å². The number of hydrogen-bond donors (Lipinski definition) is 1. The Morgan fingerprint density at radius 3 is 2.29 bits per heavy atom. The second-order valence-electron chi connectivity index (χ2n) is 6.68. The van der Waals surface area contributed by atoms with Crippen molar-refractivity contribution in [2.45, 2.75) is 6.54 Å². The van der Waals surface area contributed by atoms with Crippen LogP contribution in [0.5, 0.6) is 0 Å². The smallest absolute Gasteiger partial charge is 0.267 e. The second-order valence-corrected chi connectivity index (χ2v) is 6.68. The SMILES string of the molecule is O=C(NN=Cc1c(F)cccc1F)c1nn(Cc2ccccc2)c(=O)c2ccccc12. The highest BCUT2D eigenvalue weighted by Crippen LogP contribution is 2.14. The fraction of sp³-hybridized carbons (Fsp3) is 0.0435. The van der Waals surface area contributed by atoms with E-state index < -0.39 is 17.5 Å². The molecule has 0 atom stereocenters. The lowest BCUT2D eigenvalue weighted by Gasteiger charge is -2.10. The summed E-state index contributed by atoms with van der Waals surface area (Å²) in [5.41, 5.74) is 2.31. The summed E-state index contributed by atoms with van der Waals surface area (Å²) in [7, 11) is 0. The van der Waals surface area contributed by atoms with Crippen molar-refractivity contribution in [2.75, 3.05) is 0 Å². The van der Waals surface area contributed by atoms with Crippen molar-refractivity contribution in [3.8, 4) is 0 Å². The van der Waals surface area contributed by atoms with Crippen molar-refractivity contribution in [1.29, 1.82) is 0 Å². The van der Waals surface area contributed by atoms with E-state index >= 15 is 0 Å². The number of benzene rings is 3. The maximum Gasteiger partial charge on any atom is 0.292 e. The van der Waals surface area contributed by atoms with Gasteiger partial charge in [0, 0.05) is 5.39 Å². The summed E-state index contributed by atoms with van der Waals surface area (Å²) in [4.78, 5) is 25.6. The van der Waals surface area contributed by atoms with Crippen LogP contribution in [0.25, 0.3) is 10.8 Å². The number of nitrogens with one attached hydrogen (secondary N) is 1. The van der Waals surface area contributed by atoms with Gasteiger partial charge in [-0.05, 0) is 23.8 Å². The van der Waals surface area contributed by atoms with Crippen LogP contribution in [-0.2, 0) is 6.54 Å². The van der Waals surface area contributed by atoms with Gasteiger partial charge in [0.2, 0.25) is 0 Å². The predicted octanol–water partition coefficient (Wildman–Crippen LogP) is 3.49. The van der Waals surface area contributed by atoms with E-state index in [-0.39, 0.29) is 23.4 Å². The maximum atomic E-state index is 13.7. The van der Waals surface area contributed by atoms with Gasteiger partial charge in [-0.1, -0.05) is 54.6 Å². The Labute approximate surface area is 175 Å². The Morgan fingerprint density at radius 1 is 0.935 bits per heavy atom. The molecule has 4 aromatic rings. The van der Waals surface area contributed by atoms with E-state index in [1.165, 1.54) is 10.7 Å². The van der Waals surface area contributed by atoms with Crippen molar-refractivity contribution < 1.29 is 13.6 Å². The van der Waals surface area contributed by atoms with Crippen LogP contribution in [0, 0.1) is 11.6 Å². The average Bonchev–Trinajstić information content (AvgIpc) is 2.78. The number of carbonyl (C=O) groups excluding carboxylic acids is 1. The molecule has 0 aliphatic carbocycles. The van der Waals surface area contributed by atoms with E-state index in [9.17, 15) is 18.4 Å². The molecule has 1 N–H and O–H groups in total. The van der Waals surface area contributed by atoms with Gasteiger partial charge in [-0.3, -0.25) is 9.59 Å². The molecule has 8 heteroatoms. The maximum absolute atomic E-state index is 13.7. The molecule has 0 saturated carbocycles. The largest absolute Gasteiger partial charge is 0.292 e. The third kappa shape index (κ3) is 4.23. The predicted molar refractivity (Wildman–Crippen MR) is 113 cm³/mol. The first kappa shape index (κ1) is 20.1. The fourth-order valence-corrected chi connectivity index (χ4v) is 3.11. The Hall–Kier alpha value is -4.20. The number of halogens is 2. The summed E-state index contributed by atoms with van der Waals surface area (Å²) in [6.07, 6.45) is 0.880. The monoisotopic (exact) mass is 418 g/mol. The number of hydrazone groups is 1. The van der Waals surface area contributed by atoms with Gasteiger partial charge in [0.05, 0.1) is 23.7 Å². The third-order valence-electron chi connectivity index (χ3n) is 4.62. The minimum absolute atomic E-state index is 0.0303. The Morgan fingerprint density at radius 2 is 1.58 bits per heavy atom. The van der Waals surface area contributed by atoms with Crippen LogP contribution >= 0.6 is 0 Å². The molecule has 4 rings (SSSR count). The number of hydrogen-bond acceptors (Lipinski definition) is 4. The molecule has 0 aliphatic heterocycles. The van der Waals surface area contributed by atoms with E-state index in [0.29, 0.717) is 10.8 Å². The van der Waals surface area contributed by atoms with E-state index in [1.807, 2.05) is 30.3 Å². The van der Waals surface area contributed by atoms with Crippen LogP contribution in [0.1, 0.15) is 21.6 Å². The first-order valence-corrected chi connectivity index (χ1v) is 9.36. The number of rotatable bonds is 5. The van der Waals surface area contributed by atoms with Crippen molar-refractivity contribution in [2.24, 2.45) is 5.10 Å². The average molecular weight is 418 g/mol. The Kier molecular flexibility index (Phi) is 5.61. The topological polar surface area (TPSA) is 76.3 Å². The molecule has 1 amide bonds. The highest BCUT2D eigenvalue weighted by atomic mass is 19.1. The minimum Gasteiger partial charge on any atom is -0.267 e. The Balaban J connectivity index is 1.69. The summed E-state index contributed by atoms with van der Waals surface area (Å²) in [6.45, 7) is 0.175. The van der Waals surface area contributed by atoms with Crippen molar-refractivity contribution in [3.05, 3.63) is 112 Å². The first-order valence-electron chi connectivity index (χ1n) is 9.36. The molecule has 31 heavy (non-hydrogen) atoms. The zero-order valence-corrected chi connectivity index (χ0v) is 16.1. The molecule has 6 nitrogen and oxygen atoms in total. The molecule has 0 saturated heterocycles. The van der Waals surface area contributed by atoms with Crippen molar-refractivity contribution >= 4 is 22.9 Å². The quantitative estimate of drug-likeness (QED) is 0.398. The van der Waals surface area contributed by atoms with Gasteiger partial charge in [-0.25, -0.2) is 18.9 Å². The zero-order chi connectivity index (χ0) is 21.8. The molecule has 0 bridgehead atoms. The van der Waals surface area contributed by atoms with Gasteiger partial charge >= 0.3 is 0 Å². The normalized spacial score (nSPS) is 11.2. The van der Waals surface area contributed by atoms with E-state index in [0.717, 1.165) is 23.9 Å². The van der Waals surface area contributed by atoms with Crippen LogP contribution in [-0.4, -0.2) is 21.9 Å². The van der Waals surface area contributed by atoms with E-state index in [4.69, 9.17) is 0 Å². The summed E-state index contributed by atoms with van der Waals surface area (Å²) >= 11 is 0. The lowest BCUT2D eigenvalue weighted by atomic mass is 10.1. The molecule has 0 aliphatic rings. The van der Waals surface area contributed by atoms with Gasteiger partial charge < -0.3 is 0 Å². The number of fused-ring (bicyclic) bond motifs is 1. The number of aromatic nitrogens is 2. The molecule has 0 spiro atoms. The number of amides is 1. The third-order valence-corrected chi connectivity index (χ3v) is 4.62. The second kappa shape index (κ2) is 8.66. The summed E-state index contributed by atoms with van der Waals surface area (Å²) in [6, 6.07) is 19.2. The zero-order valence-electron chi connectivity index (χ0n) is 16.1. The molecule has 0 radical (unpaired) electrons. The van der Waals surface area contributed by atoms with E-state index in [1.54, 1.807) is 24.3 Å². The van der Waals surface area contributed by atoms with Gasteiger partial charge in [0.25, 0.3) is 11.5 Å². The van der Waals surface area contributed by atoms with E-state index in [2.05, 4.69) is 15.6 Å². The van der Waals surface area contributed by atoms with Gasteiger partial charge in [0.15, 0.2) is 5.69 Å².